The first kappa shape index (κ1) is 22.5. The Bertz CT molecular complexity index is 1020. The second kappa shape index (κ2) is 10.2. The van der Waals surface area contributed by atoms with Crippen molar-refractivity contribution in [1.29, 1.82) is 0 Å². The largest absolute Gasteiger partial charge is 0.385 e. The fourth-order valence-corrected chi connectivity index (χ4v) is 3.48. The van der Waals surface area contributed by atoms with E-state index >= 15 is 0 Å². The Morgan fingerprint density at radius 3 is 2.35 bits per heavy atom. The maximum Gasteiger partial charge on any atom is 0.261 e. The molecule has 1 aliphatic heterocycles. The second-order valence-corrected chi connectivity index (χ2v) is 7.38. The molecule has 31 heavy (non-hydrogen) atoms. The molecule has 3 rings (SSSR count). The molecule has 0 spiro atoms. The molecule has 0 saturated carbocycles. The molecule has 8 nitrogen and oxygen atoms in total. The Labute approximate surface area is 185 Å². The van der Waals surface area contributed by atoms with Crippen LogP contribution in [0.2, 0.25) is 0 Å². The van der Waals surface area contributed by atoms with E-state index in [4.69, 9.17) is 4.74 Å². The number of nitrogens with one attached hydrogen (secondary N) is 2. The lowest BCUT2D eigenvalue weighted by Crippen LogP contribution is -2.34. The summed E-state index contributed by atoms with van der Waals surface area (Å²) < 4.78 is 4.96. The molecule has 0 saturated heterocycles. The van der Waals surface area contributed by atoms with Crippen molar-refractivity contribution in [2.45, 2.75) is 11.3 Å². The smallest absolute Gasteiger partial charge is 0.261 e. The molecular formula is C22H23N3O5S. The van der Waals surface area contributed by atoms with Crippen LogP contribution >= 0.6 is 12.6 Å². The highest BCUT2D eigenvalue weighted by molar-refractivity contribution is 7.80. The SMILES string of the molecule is COCCCN1C(=O)c2ccc(C(=O)NCCNC(=O)c3ccccc3S)cc2C1=O. The third kappa shape index (κ3) is 5.12. The van der Waals surface area contributed by atoms with E-state index in [1.165, 1.54) is 23.1 Å². The summed E-state index contributed by atoms with van der Waals surface area (Å²) in [6.45, 7) is 1.13. The van der Waals surface area contributed by atoms with Gasteiger partial charge in [0.25, 0.3) is 23.6 Å². The molecule has 0 atom stereocenters. The Hall–Kier alpha value is -3.17. The molecule has 162 valence electrons. The summed E-state index contributed by atoms with van der Waals surface area (Å²) >= 11 is 4.25. The molecule has 9 heteroatoms. The number of rotatable bonds is 9. The number of amides is 4. The van der Waals surface area contributed by atoms with Crippen molar-refractivity contribution in [2.24, 2.45) is 0 Å². The quantitative estimate of drug-likeness (QED) is 0.313. The summed E-state index contributed by atoms with van der Waals surface area (Å²) in [7, 11) is 1.55. The van der Waals surface area contributed by atoms with Crippen molar-refractivity contribution < 1.29 is 23.9 Å². The van der Waals surface area contributed by atoms with Crippen LogP contribution in [0.15, 0.2) is 47.4 Å². The summed E-state index contributed by atoms with van der Waals surface area (Å²) in [6.07, 6.45) is 0.540. The second-order valence-electron chi connectivity index (χ2n) is 6.90. The van der Waals surface area contributed by atoms with Crippen LogP contribution in [0.5, 0.6) is 0 Å². The highest BCUT2D eigenvalue weighted by Gasteiger charge is 2.35. The van der Waals surface area contributed by atoms with Crippen molar-refractivity contribution in [3.05, 3.63) is 64.7 Å². The van der Waals surface area contributed by atoms with Crippen LogP contribution in [-0.4, -0.2) is 61.9 Å². The van der Waals surface area contributed by atoms with Crippen molar-refractivity contribution in [1.82, 2.24) is 15.5 Å². The molecule has 1 heterocycles. The number of carbonyl (C=O) groups excluding carboxylic acids is 4. The molecule has 0 aromatic heterocycles. The third-order valence-corrected chi connectivity index (χ3v) is 5.20. The van der Waals surface area contributed by atoms with Crippen molar-refractivity contribution in [3.63, 3.8) is 0 Å². The van der Waals surface area contributed by atoms with Crippen molar-refractivity contribution in [3.8, 4) is 0 Å². The first-order chi connectivity index (χ1) is 14.9. The zero-order valence-electron chi connectivity index (χ0n) is 17.0. The summed E-state index contributed by atoms with van der Waals surface area (Å²) in [5.41, 5.74) is 1.23. The number of methoxy groups -OCH3 is 1. The van der Waals surface area contributed by atoms with Gasteiger partial charge in [-0.05, 0) is 36.8 Å². The third-order valence-electron chi connectivity index (χ3n) is 4.81. The van der Waals surface area contributed by atoms with Crippen LogP contribution in [-0.2, 0) is 4.74 Å². The minimum absolute atomic E-state index is 0.201. The monoisotopic (exact) mass is 441 g/mol. The average molecular weight is 442 g/mol. The highest BCUT2D eigenvalue weighted by Crippen LogP contribution is 2.24. The van der Waals surface area contributed by atoms with E-state index in [0.717, 1.165) is 0 Å². The first-order valence-corrected chi connectivity index (χ1v) is 10.2. The highest BCUT2D eigenvalue weighted by atomic mass is 32.1. The standard InChI is InChI=1S/C22H23N3O5S/c1-30-12-4-11-25-21(28)15-8-7-14(13-17(15)22(25)29)19(26)23-9-10-24-20(27)16-5-2-3-6-18(16)31/h2-3,5-8,13,31H,4,9-12H2,1H3,(H,23,26)(H,24,27). The number of carbonyl (C=O) groups is 4. The predicted octanol–water partition coefficient (Wildman–Crippen LogP) is 1.77. The van der Waals surface area contributed by atoms with Gasteiger partial charge < -0.3 is 15.4 Å². The summed E-state index contributed by atoms with van der Waals surface area (Å²) in [5.74, 6) is -1.46. The maximum atomic E-state index is 12.6. The molecule has 1 aliphatic rings. The lowest BCUT2D eigenvalue weighted by molar-refractivity contribution is 0.0638. The number of thiol groups is 1. The van der Waals surface area contributed by atoms with Gasteiger partial charge in [-0.3, -0.25) is 24.1 Å². The van der Waals surface area contributed by atoms with Crippen LogP contribution in [0.3, 0.4) is 0 Å². The van der Waals surface area contributed by atoms with Gasteiger partial charge in [-0.25, -0.2) is 0 Å². The van der Waals surface area contributed by atoms with E-state index in [1.807, 2.05) is 0 Å². The zero-order chi connectivity index (χ0) is 22.4. The van der Waals surface area contributed by atoms with E-state index in [-0.39, 0.29) is 48.1 Å². The van der Waals surface area contributed by atoms with Crippen LogP contribution < -0.4 is 10.6 Å². The van der Waals surface area contributed by atoms with E-state index in [9.17, 15) is 19.2 Å². The molecule has 0 aliphatic carbocycles. The van der Waals surface area contributed by atoms with Crippen molar-refractivity contribution >= 4 is 36.3 Å². The molecule has 2 N–H and O–H groups in total. The normalized spacial score (nSPS) is 12.6. The van der Waals surface area contributed by atoms with E-state index < -0.39 is 11.8 Å². The molecule has 4 amide bonds. The van der Waals surface area contributed by atoms with Crippen molar-refractivity contribution in [2.75, 3.05) is 33.4 Å². The van der Waals surface area contributed by atoms with Gasteiger partial charge in [-0.2, -0.15) is 0 Å². The number of hydrogen-bond donors (Lipinski definition) is 3. The lowest BCUT2D eigenvalue weighted by Gasteiger charge is -2.12. The van der Waals surface area contributed by atoms with Crippen LogP contribution in [0.25, 0.3) is 0 Å². The molecule has 0 fully saturated rings. The average Bonchev–Trinajstić information content (AvgIpc) is 3.01. The molecule has 0 unspecified atom stereocenters. The van der Waals surface area contributed by atoms with Gasteiger partial charge in [0.05, 0.1) is 16.7 Å². The summed E-state index contributed by atoms with van der Waals surface area (Å²) in [6, 6.07) is 11.3. The number of benzene rings is 2. The number of hydrogen-bond acceptors (Lipinski definition) is 6. The van der Waals surface area contributed by atoms with Gasteiger partial charge in [0, 0.05) is 43.8 Å². The van der Waals surface area contributed by atoms with Gasteiger partial charge in [0.1, 0.15) is 0 Å². The van der Waals surface area contributed by atoms with E-state index in [2.05, 4.69) is 23.3 Å². The van der Waals surface area contributed by atoms with Crippen LogP contribution in [0.4, 0.5) is 0 Å². The molecular weight excluding hydrogens is 418 g/mol. The van der Waals surface area contributed by atoms with Gasteiger partial charge in [-0.1, -0.05) is 12.1 Å². The number of nitrogens with zero attached hydrogens (tertiary/aromatic N) is 1. The minimum Gasteiger partial charge on any atom is -0.385 e. The van der Waals surface area contributed by atoms with Gasteiger partial charge in [0.2, 0.25) is 0 Å². The topological polar surface area (TPSA) is 105 Å². The number of ether oxygens (including phenoxy) is 1. The van der Waals surface area contributed by atoms with Gasteiger partial charge >= 0.3 is 0 Å². The summed E-state index contributed by atoms with van der Waals surface area (Å²) in [4.78, 5) is 51.3. The van der Waals surface area contributed by atoms with Crippen LogP contribution in [0, 0.1) is 0 Å². The molecule has 2 aromatic carbocycles. The lowest BCUT2D eigenvalue weighted by atomic mass is 10.1. The molecule has 0 radical (unpaired) electrons. The van der Waals surface area contributed by atoms with Gasteiger partial charge in [0.15, 0.2) is 0 Å². The zero-order valence-corrected chi connectivity index (χ0v) is 17.9. The van der Waals surface area contributed by atoms with E-state index in [1.54, 1.807) is 31.4 Å². The fraction of sp³-hybridized carbons (Fsp3) is 0.273. The van der Waals surface area contributed by atoms with Gasteiger partial charge in [-0.15, -0.1) is 12.6 Å². The Kier molecular flexibility index (Phi) is 7.43. The predicted molar refractivity (Wildman–Crippen MR) is 117 cm³/mol. The summed E-state index contributed by atoms with van der Waals surface area (Å²) in [5, 5.41) is 5.40. The maximum absolute atomic E-state index is 12.6. The molecule has 2 aromatic rings. The first-order valence-electron chi connectivity index (χ1n) is 9.77. The number of imide groups is 1. The van der Waals surface area contributed by atoms with E-state index in [0.29, 0.717) is 23.5 Å². The Morgan fingerprint density at radius 1 is 0.968 bits per heavy atom. The number of fused-ring (bicyclic) bond motifs is 1. The minimum atomic E-state index is -0.413. The fourth-order valence-electron chi connectivity index (χ4n) is 3.22. The van der Waals surface area contributed by atoms with Crippen LogP contribution in [0.1, 0.15) is 47.9 Å². The molecule has 0 bridgehead atoms. The Balaban J connectivity index is 1.54. The Morgan fingerprint density at radius 2 is 1.65 bits per heavy atom.